The summed E-state index contributed by atoms with van der Waals surface area (Å²) >= 11 is 9.69. The maximum Gasteiger partial charge on any atom is 0.250 e. The minimum absolute atomic E-state index is 0.137. The number of amides is 3. The Hall–Kier alpha value is -2.22. The first-order valence-electron chi connectivity index (χ1n) is 9.96. The van der Waals surface area contributed by atoms with Crippen molar-refractivity contribution in [2.24, 2.45) is 11.8 Å². The molecular weight excluding hydrogens is 470 g/mol. The van der Waals surface area contributed by atoms with E-state index in [1.165, 1.54) is 4.90 Å². The Morgan fingerprint density at radius 3 is 2.60 bits per heavy atom. The Morgan fingerprint density at radius 1 is 1.07 bits per heavy atom. The molecule has 1 spiro atoms. The molecule has 2 aromatic carbocycles. The number of benzene rings is 2. The summed E-state index contributed by atoms with van der Waals surface area (Å²) in [6.45, 7) is 0.676. The quantitative estimate of drug-likeness (QED) is 0.626. The van der Waals surface area contributed by atoms with Gasteiger partial charge in [-0.1, -0.05) is 27.5 Å². The number of halogens is 2. The smallest absolute Gasteiger partial charge is 0.250 e. The highest BCUT2D eigenvalue weighted by Gasteiger charge is 2.74. The SMILES string of the molecule is O=C1C2C3CCCN3C3(C(=O)Nc4ccc(Cl)cc43)C2C(=O)N1c1ccc(Br)cc1. The number of carbonyl (C=O) groups excluding carboxylic acids is 3. The second kappa shape index (κ2) is 6.15. The van der Waals surface area contributed by atoms with Crippen LogP contribution < -0.4 is 10.2 Å². The minimum Gasteiger partial charge on any atom is -0.324 e. The number of anilines is 2. The zero-order valence-corrected chi connectivity index (χ0v) is 18.1. The van der Waals surface area contributed by atoms with Crippen LogP contribution in [-0.2, 0) is 19.9 Å². The van der Waals surface area contributed by atoms with Crippen molar-refractivity contribution >= 4 is 56.6 Å². The third-order valence-electron chi connectivity index (χ3n) is 7.04. The Balaban J connectivity index is 1.56. The zero-order chi connectivity index (χ0) is 20.8. The molecule has 0 saturated carbocycles. The minimum atomic E-state index is -1.19. The third-order valence-corrected chi connectivity index (χ3v) is 7.80. The Bertz CT molecular complexity index is 1140. The van der Waals surface area contributed by atoms with Gasteiger partial charge in [0.1, 0.15) is 5.54 Å². The summed E-state index contributed by atoms with van der Waals surface area (Å²) in [5, 5.41) is 3.46. The van der Waals surface area contributed by atoms with Crippen LogP contribution in [0.15, 0.2) is 46.9 Å². The number of nitrogens with zero attached hydrogens (tertiary/aromatic N) is 2. The summed E-state index contributed by atoms with van der Waals surface area (Å²) in [6.07, 6.45) is 1.68. The number of imide groups is 1. The molecule has 2 aromatic rings. The van der Waals surface area contributed by atoms with Crippen LogP contribution >= 0.6 is 27.5 Å². The molecule has 30 heavy (non-hydrogen) atoms. The van der Waals surface area contributed by atoms with Crippen LogP contribution in [0.1, 0.15) is 18.4 Å². The lowest BCUT2D eigenvalue weighted by Crippen LogP contribution is -2.54. The number of fused-ring (bicyclic) bond motifs is 7. The molecule has 8 heteroatoms. The van der Waals surface area contributed by atoms with Gasteiger partial charge in [-0.2, -0.15) is 0 Å². The lowest BCUT2D eigenvalue weighted by atomic mass is 9.75. The van der Waals surface area contributed by atoms with E-state index in [0.29, 0.717) is 28.5 Å². The molecule has 1 N–H and O–H groups in total. The van der Waals surface area contributed by atoms with E-state index < -0.39 is 17.4 Å². The van der Waals surface area contributed by atoms with E-state index in [4.69, 9.17) is 11.6 Å². The van der Waals surface area contributed by atoms with Crippen molar-refractivity contribution in [1.29, 1.82) is 0 Å². The summed E-state index contributed by atoms with van der Waals surface area (Å²) in [4.78, 5) is 44.2. The highest BCUT2D eigenvalue weighted by Crippen LogP contribution is 2.60. The van der Waals surface area contributed by atoms with Crippen molar-refractivity contribution in [3.05, 3.63) is 57.5 Å². The molecule has 4 aliphatic heterocycles. The van der Waals surface area contributed by atoms with Gasteiger partial charge in [0.15, 0.2) is 0 Å². The standard InChI is InChI=1S/C22H17BrClN3O3/c23-11-3-6-13(7-4-11)27-19(28)17-16-2-1-9-26(16)22(18(17)20(27)29)14-10-12(24)5-8-15(14)25-21(22)30/h3-8,10,16-18H,1-2,9H2,(H,25,30). The second-order valence-electron chi connectivity index (χ2n) is 8.31. The predicted octanol–water partition coefficient (Wildman–Crippen LogP) is 3.53. The van der Waals surface area contributed by atoms with Crippen LogP contribution in [-0.4, -0.2) is 35.2 Å². The largest absolute Gasteiger partial charge is 0.324 e. The van der Waals surface area contributed by atoms with Gasteiger partial charge in [-0.25, -0.2) is 4.90 Å². The van der Waals surface area contributed by atoms with E-state index >= 15 is 0 Å². The fourth-order valence-corrected chi connectivity index (χ4v) is 6.46. The van der Waals surface area contributed by atoms with Crippen molar-refractivity contribution in [3.8, 4) is 0 Å². The molecule has 3 saturated heterocycles. The molecule has 4 atom stereocenters. The molecule has 6 rings (SSSR count). The Kier molecular flexibility index (Phi) is 3.80. The van der Waals surface area contributed by atoms with Crippen molar-refractivity contribution in [2.45, 2.75) is 24.4 Å². The number of nitrogens with one attached hydrogen (secondary N) is 1. The summed E-state index contributed by atoms with van der Waals surface area (Å²) < 4.78 is 0.864. The average Bonchev–Trinajstić information content (AvgIpc) is 3.42. The van der Waals surface area contributed by atoms with Gasteiger partial charge in [0.25, 0.3) is 0 Å². The maximum absolute atomic E-state index is 13.8. The van der Waals surface area contributed by atoms with E-state index in [0.717, 1.165) is 17.3 Å². The molecule has 6 nitrogen and oxygen atoms in total. The summed E-state index contributed by atoms with van der Waals surface area (Å²) in [7, 11) is 0. The fraction of sp³-hybridized carbons (Fsp3) is 0.318. The van der Waals surface area contributed by atoms with Gasteiger partial charge in [0.2, 0.25) is 17.7 Å². The van der Waals surface area contributed by atoms with Gasteiger partial charge < -0.3 is 5.32 Å². The van der Waals surface area contributed by atoms with E-state index in [-0.39, 0.29) is 23.8 Å². The van der Waals surface area contributed by atoms with E-state index in [2.05, 4.69) is 26.1 Å². The lowest BCUT2D eigenvalue weighted by molar-refractivity contribution is -0.135. The molecule has 0 bridgehead atoms. The van der Waals surface area contributed by atoms with Gasteiger partial charge in [-0.15, -0.1) is 0 Å². The first-order chi connectivity index (χ1) is 14.4. The Morgan fingerprint density at radius 2 is 1.83 bits per heavy atom. The van der Waals surface area contributed by atoms with Crippen LogP contribution in [0.5, 0.6) is 0 Å². The van der Waals surface area contributed by atoms with Crippen molar-refractivity contribution in [2.75, 3.05) is 16.8 Å². The van der Waals surface area contributed by atoms with Crippen LogP contribution in [0.3, 0.4) is 0 Å². The normalized spacial score (nSPS) is 32.0. The summed E-state index contributed by atoms with van der Waals surface area (Å²) in [5.74, 6) is -2.08. The van der Waals surface area contributed by atoms with Gasteiger partial charge in [-0.05, 0) is 61.9 Å². The molecule has 0 aliphatic carbocycles. The van der Waals surface area contributed by atoms with Crippen LogP contribution in [0.2, 0.25) is 5.02 Å². The molecule has 3 amide bonds. The molecule has 3 fully saturated rings. The van der Waals surface area contributed by atoms with Crippen molar-refractivity contribution < 1.29 is 14.4 Å². The first-order valence-corrected chi connectivity index (χ1v) is 11.1. The number of rotatable bonds is 1. The number of hydrogen-bond donors (Lipinski definition) is 1. The van der Waals surface area contributed by atoms with Gasteiger partial charge in [-0.3, -0.25) is 19.3 Å². The van der Waals surface area contributed by atoms with Crippen LogP contribution in [0, 0.1) is 11.8 Å². The van der Waals surface area contributed by atoms with Gasteiger partial charge in [0.05, 0.1) is 17.5 Å². The van der Waals surface area contributed by atoms with Crippen LogP contribution in [0.25, 0.3) is 0 Å². The summed E-state index contributed by atoms with van der Waals surface area (Å²) in [5.41, 5.74) is 0.714. The highest BCUT2D eigenvalue weighted by atomic mass is 79.9. The highest BCUT2D eigenvalue weighted by molar-refractivity contribution is 9.10. The van der Waals surface area contributed by atoms with Crippen molar-refractivity contribution in [1.82, 2.24) is 4.90 Å². The van der Waals surface area contributed by atoms with Crippen molar-refractivity contribution in [3.63, 3.8) is 0 Å². The van der Waals surface area contributed by atoms with E-state index in [1.807, 2.05) is 0 Å². The first kappa shape index (κ1) is 18.5. The molecule has 4 aliphatic rings. The third kappa shape index (κ3) is 2.10. The second-order valence-corrected chi connectivity index (χ2v) is 9.66. The van der Waals surface area contributed by atoms with E-state index in [9.17, 15) is 14.4 Å². The average molecular weight is 487 g/mol. The molecule has 0 radical (unpaired) electrons. The monoisotopic (exact) mass is 485 g/mol. The summed E-state index contributed by atoms with van der Waals surface area (Å²) in [6, 6.07) is 12.2. The Labute approximate surface area is 186 Å². The topological polar surface area (TPSA) is 69.7 Å². The number of hydrogen-bond acceptors (Lipinski definition) is 4. The molecule has 0 aromatic heterocycles. The molecular formula is C22H17BrClN3O3. The van der Waals surface area contributed by atoms with Gasteiger partial charge >= 0.3 is 0 Å². The molecule has 4 heterocycles. The van der Waals surface area contributed by atoms with E-state index in [1.54, 1.807) is 42.5 Å². The van der Waals surface area contributed by atoms with Gasteiger partial charge in [0, 0.05) is 26.8 Å². The molecule has 4 unspecified atom stereocenters. The number of carbonyl (C=O) groups is 3. The maximum atomic E-state index is 13.8. The van der Waals surface area contributed by atoms with Crippen LogP contribution in [0.4, 0.5) is 11.4 Å². The lowest BCUT2D eigenvalue weighted by Gasteiger charge is -2.36. The molecule has 152 valence electrons. The fourth-order valence-electron chi connectivity index (χ4n) is 6.02. The predicted molar refractivity (Wildman–Crippen MR) is 115 cm³/mol. The zero-order valence-electron chi connectivity index (χ0n) is 15.8.